The van der Waals surface area contributed by atoms with Crippen molar-refractivity contribution < 1.29 is 19.1 Å². The molecule has 0 aliphatic carbocycles. The SMILES string of the molecule is CC.CC.CC1(C)OC(=O)C(=CNc2ccccc2)C(=O)O1.CCl.CCl.O=c1cc[nH]c2ccccc12.c1ccccc1. The van der Waals surface area contributed by atoms with E-state index in [0.29, 0.717) is 0 Å². The van der Waals surface area contributed by atoms with Crippen LogP contribution in [0.15, 0.2) is 120 Å². The van der Waals surface area contributed by atoms with Crippen LogP contribution in [0.1, 0.15) is 41.5 Å². The number of H-pyrrole nitrogens is 1. The molecular weight excluding hydrogens is 587 g/mol. The van der Waals surface area contributed by atoms with Crippen LogP contribution in [0.5, 0.6) is 0 Å². The first-order valence-electron chi connectivity index (χ1n) is 13.7. The molecule has 0 bridgehead atoms. The molecular formula is C34H44Cl2N2O5. The quantitative estimate of drug-likeness (QED) is 0.0994. The van der Waals surface area contributed by atoms with E-state index in [4.69, 9.17) is 9.47 Å². The Bertz CT molecular complexity index is 1310. The second-order valence-corrected chi connectivity index (χ2v) is 7.79. The molecule has 0 unspecified atom stereocenters. The number of hydrogen-bond donors (Lipinski definition) is 2. The average molecular weight is 632 g/mol. The van der Waals surface area contributed by atoms with Gasteiger partial charge in [0.15, 0.2) is 11.0 Å². The van der Waals surface area contributed by atoms with Crippen molar-refractivity contribution in [1.29, 1.82) is 0 Å². The number of benzene rings is 3. The first kappa shape index (κ1) is 41.1. The topological polar surface area (TPSA) is 97.5 Å². The number of ether oxygens (including phenoxy) is 2. The van der Waals surface area contributed by atoms with Gasteiger partial charge in [0.2, 0.25) is 0 Å². The van der Waals surface area contributed by atoms with Gasteiger partial charge in [-0.1, -0.05) is 94.4 Å². The summed E-state index contributed by atoms with van der Waals surface area (Å²) >= 11 is 9.28. The number of hydrogen-bond acceptors (Lipinski definition) is 6. The van der Waals surface area contributed by atoms with Crippen molar-refractivity contribution in [2.75, 3.05) is 18.1 Å². The fourth-order valence-corrected chi connectivity index (χ4v) is 2.97. The predicted octanol–water partition coefficient (Wildman–Crippen LogP) is 8.80. The van der Waals surface area contributed by atoms with Crippen LogP contribution >= 0.6 is 23.2 Å². The Labute approximate surface area is 265 Å². The lowest BCUT2D eigenvalue weighted by Crippen LogP contribution is -2.42. The fraction of sp³-hybridized carbons (Fsp3) is 0.265. The maximum atomic E-state index is 11.6. The molecule has 0 spiro atoms. The second-order valence-electron chi connectivity index (χ2n) is 7.79. The van der Waals surface area contributed by atoms with Crippen LogP contribution in [-0.2, 0) is 19.1 Å². The van der Waals surface area contributed by atoms with Crippen molar-refractivity contribution in [3.05, 3.63) is 125 Å². The van der Waals surface area contributed by atoms with Crippen molar-refractivity contribution in [2.45, 2.75) is 47.3 Å². The lowest BCUT2D eigenvalue weighted by atomic mass is 10.2. The van der Waals surface area contributed by atoms with Crippen LogP contribution in [-0.4, -0.2) is 35.5 Å². The highest BCUT2D eigenvalue weighted by molar-refractivity contribution is 6.15. The molecule has 2 N–H and O–H groups in total. The highest BCUT2D eigenvalue weighted by Crippen LogP contribution is 2.22. The van der Waals surface area contributed by atoms with Crippen molar-refractivity contribution in [3.63, 3.8) is 0 Å². The second kappa shape index (κ2) is 25.6. The Kier molecular flexibility index (Phi) is 24.5. The van der Waals surface area contributed by atoms with Gasteiger partial charge in [-0.15, -0.1) is 23.2 Å². The molecule has 0 radical (unpaired) electrons. The first-order valence-corrected chi connectivity index (χ1v) is 15.2. The summed E-state index contributed by atoms with van der Waals surface area (Å²) in [6.07, 6.45) is 5.89. The van der Waals surface area contributed by atoms with Crippen LogP contribution in [0.4, 0.5) is 5.69 Å². The van der Waals surface area contributed by atoms with E-state index in [1.165, 1.54) is 38.9 Å². The van der Waals surface area contributed by atoms with Crippen molar-refractivity contribution in [1.82, 2.24) is 4.98 Å². The molecule has 2 heterocycles. The van der Waals surface area contributed by atoms with Gasteiger partial charge in [0.1, 0.15) is 0 Å². The number of aromatic nitrogens is 1. The predicted molar refractivity (Wildman–Crippen MR) is 182 cm³/mol. The van der Waals surface area contributed by atoms with Crippen molar-refractivity contribution >= 4 is 51.7 Å². The Morgan fingerprint density at radius 2 is 1.07 bits per heavy atom. The van der Waals surface area contributed by atoms with Gasteiger partial charge in [-0.2, -0.15) is 0 Å². The Hall–Kier alpha value is -4.07. The molecule has 1 aliphatic rings. The van der Waals surface area contributed by atoms with Crippen LogP contribution in [0, 0.1) is 0 Å². The minimum atomic E-state index is -1.21. The van der Waals surface area contributed by atoms with Crippen LogP contribution in [0.2, 0.25) is 0 Å². The number of aromatic amines is 1. The highest BCUT2D eigenvalue weighted by Gasteiger charge is 2.38. The molecule has 1 aromatic heterocycles. The summed E-state index contributed by atoms with van der Waals surface area (Å²) in [5.74, 6) is -2.60. The lowest BCUT2D eigenvalue weighted by molar-refractivity contribution is -0.222. The molecule has 3 aromatic carbocycles. The van der Waals surface area contributed by atoms with E-state index in [0.717, 1.165) is 16.6 Å². The zero-order valence-electron chi connectivity index (χ0n) is 26.2. The van der Waals surface area contributed by atoms with Crippen LogP contribution in [0.3, 0.4) is 0 Å². The molecule has 43 heavy (non-hydrogen) atoms. The molecule has 4 aromatic rings. The molecule has 0 saturated carbocycles. The van der Waals surface area contributed by atoms with Gasteiger partial charge in [-0.3, -0.25) is 4.79 Å². The largest absolute Gasteiger partial charge is 0.419 e. The molecule has 234 valence electrons. The number of para-hydroxylation sites is 2. The van der Waals surface area contributed by atoms with Gasteiger partial charge in [0.05, 0.1) is 0 Å². The van der Waals surface area contributed by atoms with E-state index in [2.05, 4.69) is 33.5 Å². The monoisotopic (exact) mass is 630 g/mol. The lowest BCUT2D eigenvalue weighted by Gasteiger charge is -2.29. The van der Waals surface area contributed by atoms with Crippen molar-refractivity contribution in [3.8, 4) is 0 Å². The van der Waals surface area contributed by atoms with Gasteiger partial charge in [0, 0.05) is 61.7 Å². The smallest absolute Gasteiger partial charge is 0.350 e. The van der Waals surface area contributed by atoms with Gasteiger partial charge in [0.25, 0.3) is 5.79 Å². The number of halogens is 2. The third kappa shape index (κ3) is 16.8. The minimum absolute atomic E-state index is 0.0688. The zero-order chi connectivity index (χ0) is 33.1. The third-order valence-electron chi connectivity index (χ3n) is 4.61. The summed E-state index contributed by atoms with van der Waals surface area (Å²) < 4.78 is 9.91. The maximum absolute atomic E-state index is 11.6. The fourth-order valence-electron chi connectivity index (χ4n) is 2.97. The third-order valence-corrected chi connectivity index (χ3v) is 4.61. The number of alkyl halides is 2. The summed E-state index contributed by atoms with van der Waals surface area (Å²) in [5, 5.41) is 3.58. The highest BCUT2D eigenvalue weighted by atomic mass is 35.5. The zero-order valence-corrected chi connectivity index (χ0v) is 27.7. The summed E-state index contributed by atoms with van der Waals surface area (Å²) in [7, 11) is 0. The number of fused-ring (bicyclic) bond motifs is 1. The van der Waals surface area contributed by atoms with Gasteiger partial charge >= 0.3 is 11.9 Å². The molecule has 0 atom stereocenters. The Morgan fingerprint density at radius 3 is 1.53 bits per heavy atom. The van der Waals surface area contributed by atoms with E-state index < -0.39 is 17.7 Å². The molecule has 7 nitrogen and oxygen atoms in total. The molecule has 1 saturated heterocycles. The normalized spacial score (nSPS) is 11.7. The molecule has 9 heteroatoms. The van der Waals surface area contributed by atoms with E-state index in [1.807, 2.05) is 107 Å². The van der Waals surface area contributed by atoms with Gasteiger partial charge in [-0.05, 0) is 24.3 Å². The van der Waals surface area contributed by atoms with E-state index >= 15 is 0 Å². The van der Waals surface area contributed by atoms with E-state index in [9.17, 15) is 14.4 Å². The van der Waals surface area contributed by atoms with Crippen molar-refractivity contribution in [2.24, 2.45) is 0 Å². The van der Waals surface area contributed by atoms with Gasteiger partial charge in [-0.25, -0.2) is 9.59 Å². The number of esters is 2. The Balaban J connectivity index is 0. The summed E-state index contributed by atoms with van der Waals surface area (Å²) in [6.45, 7) is 11.0. The van der Waals surface area contributed by atoms with Gasteiger partial charge < -0.3 is 19.8 Å². The molecule has 1 fully saturated rings. The summed E-state index contributed by atoms with van der Waals surface area (Å²) in [5.41, 5.74) is 1.56. The number of cyclic esters (lactones) is 2. The molecule has 5 rings (SSSR count). The number of nitrogens with one attached hydrogen (secondary N) is 2. The minimum Gasteiger partial charge on any atom is -0.419 e. The summed E-state index contributed by atoms with van der Waals surface area (Å²) in [4.78, 5) is 37.4. The van der Waals surface area contributed by atoms with E-state index in [1.54, 1.807) is 18.3 Å². The number of anilines is 1. The number of carbonyl (C=O) groups is 2. The number of carbonyl (C=O) groups excluding carboxylic acids is 2. The summed E-state index contributed by atoms with van der Waals surface area (Å²) in [6, 6.07) is 30.1. The number of rotatable bonds is 2. The Morgan fingerprint density at radius 1 is 0.651 bits per heavy atom. The molecule has 1 aliphatic heterocycles. The average Bonchev–Trinajstić information content (AvgIpc) is 3.06. The standard InChI is InChI=1S/C13H13NO4.C9H7NO.C6H6.2C2H6.2CH3Cl/c1-13(2)17-11(15)10(12(16)18-13)8-14-9-6-4-3-5-7-9;11-9-5-6-10-8-4-2-1-3-7(8)9;1-2-4-6-5-3-1;4*1-2/h3-8,14H,1-2H3;1-6H,(H,10,11);1-6H;2*1-2H3;2*1H3. The number of pyridine rings is 1. The first-order chi connectivity index (χ1) is 20.9. The van der Waals surface area contributed by atoms with E-state index in [-0.39, 0.29) is 11.0 Å². The maximum Gasteiger partial charge on any atom is 0.350 e. The van der Waals surface area contributed by atoms with Crippen LogP contribution < -0.4 is 10.7 Å². The molecule has 0 amide bonds. The van der Waals surface area contributed by atoms with Crippen LogP contribution in [0.25, 0.3) is 10.9 Å².